The van der Waals surface area contributed by atoms with Crippen LogP contribution in [0.1, 0.15) is 27.7 Å². The molecular formula is C11H18N2O3. The molecule has 1 aliphatic heterocycles. The van der Waals surface area contributed by atoms with Gasteiger partial charge in [-0.3, -0.25) is 9.79 Å². The van der Waals surface area contributed by atoms with Crippen molar-refractivity contribution >= 4 is 18.1 Å². The van der Waals surface area contributed by atoms with Crippen molar-refractivity contribution in [2.45, 2.75) is 39.3 Å². The summed E-state index contributed by atoms with van der Waals surface area (Å²) in [5.74, 6) is -0.0734. The molecule has 16 heavy (non-hydrogen) atoms. The van der Waals surface area contributed by atoms with Crippen molar-refractivity contribution in [3.05, 3.63) is 0 Å². The van der Waals surface area contributed by atoms with E-state index >= 15 is 0 Å². The average Bonchev–Trinajstić information content (AvgIpc) is 1.96. The number of aliphatic imine (C=N–C) groups is 1. The number of nitrogens with zero attached hydrogens (tertiary/aromatic N) is 2. The van der Waals surface area contributed by atoms with Crippen LogP contribution in [-0.4, -0.2) is 47.7 Å². The van der Waals surface area contributed by atoms with E-state index in [2.05, 4.69) is 4.99 Å². The fraction of sp³-hybridized carbons (Fsp3) is 0.727. The second-order valence-corrected chi connectivity index (χ2v) is 4.93. The summed E-state index contributed by atoms with van der Waals surface area (Å²) in [7, 11) is 0. The maximum Gasteiger partial charge on any atom is 0.410 e. The summed E-state index contributed by atoms with van der Waals surface area (Å²) in [6.45, 7) is 7.99. The Balaban J connectivity index is 2.31. The van der Waals surface area contributed by atoms with Gasteiger partial charge in [0.25, 0.3) is 0 Å². The molecule has 0 aromatic carbocycles. The Labute approximate surface area is 95.5 Å². The Morgan fingerprint density at radius 3 is 2.38 bits per heavy atom. The molecule has 5 heteroatoms. The van der Waals surface area contributed by atoms with E-state index in [1.807, 2.05) is 20.8 Å². The molecule has 0 unspecified atom stereocenters. The van der Waals surface area contributed by atoms with Crippen molar-refractivity contribution in [1.82, 2.24) is 4.90 Å². The quantitative estimate of drug-likeness (QED) is 0.666. The standard InChI is InChI=1S/C11H18N2O3/c1-8(14)5-12-9-6-13(7-9)10(15)16-11(2,3)4/h5,9H,6-7H2,1-4H3. The molecule has 0 aromatic rings. The van der Waals surface area contributed by atoms with Crippen molar-refractivity contribution in [2.24, 2.45) is 4.99 Å². The molecule has 90 valence electrons. The number of ketones is 1. The fourth-order valence-electron chi connectivity index (χ4n) is 1.24. The van der Waals surface area contributed by atoms with Crippen molar-refractivity contribution < 1.29 is 14.3 Å². The largest absolute Gasteiger partial charge is 0.444 e. The Bertz CT molecular complexity index is 312. The lowest BCUT2D eigenvalue weighted by molar-refractivity contribution is -0.110. The van der Waals surface area contributed by atoms with E-state index in [-0.39, 0.29) is 17.9 Å². The number of Topliss-reactive ketones (excluding diaryl/α,β-unsaturated/α-hetero) is 1. The van der Waals surface area contributed by atoms with Crippen LogP contribution in [0.4, 0.5) is 4.79 Å². The molecule has 1 heterocycles. The van der Waals surface area contributed by atoms with Gasteiger partial charge in [0.05, 0.1) is 12.3 Å². The minimum Gasteiger partial charge on any atom is -0.444 e. The summed E-state index contributed by atoms with van der Waals surface area (Å²) < 4.78 is 5.18. The molecule has 0 spiro atoms. The number of carbonyl (C=O) groups is 2. The van der Waals surface area contributed by atoms with E-state index < -0.39 is 5.60 Å². The number of carbonyl (C=O) groups excluding carboxylic acids is 2. The van der Waals surface area contributed by atoms with Crippen LogP contribution >= 0.6 is 0 Å². The molecular weight excluding hydrogens is 208 g/mol. The van der Waals surface area contributed by atoms with E-state index in [0.29, 0.717) is 13.1 Å². The summed E-state index contributed by atoms with van der Waals surface area (Å²) >= 11 is 0. The van der Waals surface area contributed by atoms with Crippen molar-refractivity contribution in [3.8, 4) is 0 Å². The maximum absolute atomic E-state index is 11.5. The molecule has 0 radical (unpaired) electrons. The molecule has 0 N–H and O–H groups in total. The fourth-order valence-corrected chi connectivity index (χ4v) is 1.24. The third kappa shape index (κ3) is 4.00. The number of likely N-dealkylation sites (tertiary alicyclic amines) is 1. The van der Waals surface area contributed by atoms with E-state index in [4.69, 9.17) is 4.74 Å². The van der Waals surface area contributed by atoms with Gasteiger partial charge in [-0.15, -0.1) is 0 Å². The molecule has 0 bridgehead atoms. The molecule has 5 nitrogen and oxygen atoms in total. The molecule has 1 fully saturated rings. The van der Waals surface area contributed by atoms with Gasteiger partial charge in [-0.1, -0.05) is 0 Å². The first kappa shape index (κ1) is 12.7. The predicted octanol–water partition coefficient (Wildman–Crippen LogP) is 1.27. The number of amides is 1. The predicted molar refractivity (Wildman–Crippen MR) is 60.8 cm³/mol. The highest BCUT2D eigenvalue weighted by molar-refractivity contribution is 6.26. The van der Waals surface area contributed by atoms with Crippen LogP contribution in [0, 0.1) is 0 Å². The molecule has 0 saturated carbocycles. The minimum atomic E-state index is -0.467. The van der Waals surface area contributed by atoms with Gasteiger partial charge in [0, 0.05) is 20.0 Å². The van der Waals surface area contributed by atoms with Crippen LogP contribution in [-0.2, 0) is 9.53 Å². The van der Waals surface area contributed by atoms with Gasteiger partial charge >= 0.3 is 6.09 Å². The topological polar surface area (TPSA) is 59.0 Å². The van der Waals surface area contributed by atoms with Gasteiger partial charge in [-0.2, -0.15) is 0 Å². The number of rotatable bonds is 2. The smallest absolute Gasteiger partial charge is 0.410 e. The summed E-state index contributed by atoms with van der Waals surface area (Å²) in [4.78, 5) is 27.8. The van der Waals surface area contributed by atoms with Gasteiger partial charge in [-0.25, -0.2) is 4.79 Å². The van der Waals surface area contributed by atoms with Crippen LogP contribution in [0.25, 0.3) is 0 Å². The van der Waals surface area contributed by atoms with Gasteiger partial charge < -0.3 is 9.64 Å². The van der Waals surface area contributed by atoms with Crippen molar-refractivity contribution in [3.63, 3.8) is 0 Å². The van der Waals surface area contributed by atoms with Crippen LogP contribution in [0.15, 0.2) is 4.99 Å². The van der Waals surface area contributed by atoms with E-state index in [1.165, 1.54) is 13.1 Å². The van der Waals surface area contributed by atoms with Crippen molar-refractivity contribution in [2.75, 3.05) is 13.1 Å². The van der Waals surface area contributed by atoms with E-state index in [1.54, 1.807) is 4.90 Å². The Kier molecular flexibility index (Phi) is 3.67. The number of hydrogen-bond donors (Lipinski definition) is 0. The lowest BCUT2D eigenvalue weighted by Gasteiger charge is -2.37. The highest BCUT2D eigenvalue weighted by Gasteiger charge is 2.33. The van der Waals surface area contributed by atoms with Gasteiger partial charge in [-0.05, 0) is 20.8 Å². The summed E-state index contributed by atoms with van der Waals surface area (Å²) in [5.41, 5.74) is -0.467. The Hall–Kier alpha value is -1.39. The molecule has 1 aliphatic rings. The zero-order chi connectivity index (χ0) is 12.3. The summed E-state index contributed by atoms with van der Waals surface area (Å²) in [6.07, 6.45) is 0.985. The minimum absolute atomic E-state index is 0.0384. The SMILES string of the molecule is CC(=O)C=NC1CN(C(=O)OC(C)(C)C)C1. The molecule has 1 saturated heterocycles. The third-order valence-corrected chi connectivity index (χ3v) is 1.98. The van der Waals surface area contributed by atoms with E-state index in [0.717, 1.165) is 0 Å². The molecule has 0 aromatic heterocycles. The molecule has 0 aliphatic carbocycles. The zero-order valence-corrected chi connectivity index (χ0v) is 10.2. The summed E-state index contributed by atoms with van der Waals surface area (Å²) in [5, 5.41) is 0. The molecule has 1 amide bonds. The second-order valence-electron chi connectivity index (χ2n) is 4.93. The first-order valence-corrected chi connectivity index (χ1v) is 5.29. The van der Waals surface area contributed by atoms with Crippen LogP contribution in [0.2, 0.25) is 0 Å². The highest BCUT2D eigenvalue weighted by Crippen LogP contribution is 2.16. The average molecular weight is 226 g/mol. The second kappa shape index (κ2) is 4.63. The van der Waals surface area contributed by atoms with Crippen LogP contribution in [0.5, 0.6) is 0 Å². The summed E-state index contributed by atoms with van der Waals surface area (Å²) in [6, 6.07) is 0.0384. The normalized spacial score (nSPS) is 17.4. The monoisotopic (exact) mass is 226 g/mol. The lowest BCUT2D eigenvalue weighted by atomic mass is 10.1. The van der Waals surface area contributed by atoms with Gasteiger partial charge in [0.2, 0.25) is 0 Å². The molecule has 0 atom stereocenters. The van der Waals surface area contributed by atoms with Gasteiger partial charge in [0.1, 0.15) is 5.60 Å². The Morgan fingerprint density at radius 1 is 1.38 bits per heavy atom. The van der Waals surface area contributed by atoms with Gasteiger partial charge in [0.15, 0.2) is 5.78 Å². The first-order valence-electron chi connectivity index (χ1n) is 5.29. The molecule has 1 rings (SSSR count). The Morgan fingerprint density at radius 2 is 1.94 bits per heavy atom. The maximum atomic E-state index is 11.5. The van der Waals surface area contributed by atoms with E-state index in [9.17, 15) is 9.59 Å². The number of ether oxygens (including phenoxy) is 1. The highest BCUT2D eigenvalue weighted by atomic mass is 16.6. The van der Waals surface area contributed by atoms with Crippen LogP contribution in [0.3, 0.4) is 0 Å². The third-order valence-electron chi connectivity index (χ3n) is 1.98. The zero-order valence-electron chi connectivity index (χ0n) is 10.2. The lowest BCUT2D eigenvalue weighted by Crippen LogP contribution is -2.54. The first-order chi connectivity index (χ1) is 7.28. The number of hydrogen-bond acceptors (Lipinski definition) is 4. The van der Waals surface area contributed by atoms with Crippen LogP contribution < -0.4 is 0 Å². The van der Waals surface area contributed by atoms with Crippen molar-refractivity contribution in [1.29, 1.82) is 0 Å².